The molecule has 0 aliphatic rings. The van der Waals surface area contributed by atoms with Crippen molar-refractivity contribution in [3.63, 3.8) is 0 Å². The van der Waals surface area contributed by atoms with Crippen LogP contribution in [0.4, 0.5) is 0 Å². The van der Waals surface area contributed by atoms with Crippen molar-refractivity contribution in [1.82, 2.24) is 0 Å². The minimum atomic E-state index is 0.498. The van der Waals surface area contributed by atoms with Gasteiger partial charge in [0.15, 0.2) is 0 Å². The summed E-state index contributed by atoms with van der Waals surface area (Å²) < 4.78 is 10.8. The molecule has 0 saturated heterocycles. The summed E-state index contributed by atoms with van der Waals surface area (Å²) in [6.07, 6.45) is 0.933. The zero-order chi connectivity index (χ0) is 12.0. The van der Waals surface area contributed by atoms with Gasteiger partial charge in [-0.1, -0.05) is 26.0 Å². The average Bonchev–Trinajstić information content (AvgIpc) is 2.24. The van der Waals surface area contributed by atoms with Crippen LogP contribution in [0.1, 0.15) is 37.3 Å². The van der Waals surface area contributed by atoms with Gasteiger partial charge in [0.2, 0.25) is 0 Å². The number of hydrogen-bond acceptors (Lipinski definition) is 2. The van der Waals surface area contributed by atoms with E-state index in [9.17, 15) is 0 Å². The fourth-order valence-electron chi connectivity index (χ4n) is 1.63. The molecule has 0 N–H and O–H groups in total. The Bertz CT molecular complexity index is 319. The second-order valence-electron chi connectivity index (χ2n) is 4.39. The Kier molecular flexibility index (Phi) is 5.33. The van der Waals surface area contributed by atoms with Crippen LogP contribution in [0.3, 0.4) is 0 Å². The lowest BCUT2D eigenvalue weighted by Gasteiger charge is -2.14. The second kappa shape index (κ2) is 6.54. The van der Waals surface area contributed by atoms with Gasteiger partial charge in [-0.2, -0.15) is 0 Å². The number of rotatable bonds is 6. The molecule has 1 rings (SSSR count). The van der Waals surface area contributed by atoms with Gasteiger partial charge in [-0.15, -0.1) is 0 Å². The van der Waals surface area contributed by atoms with Crippen LogP contribution in [0.2, 0.25) is 0 Å². The van der Waals surface area contributed by atoms with Gasteiger partial charge in [-0.05, 0) is 30.0 Å². The summed E-state index contributed by atoms with van der Waals surface area (Å²) in [5, 5.41) is 0. The quantitative estimate of drug-likeness (QED) is 0.685. The normalized spacial score (nSPS) is 10.8. The third-order valence-electron chi connectivity index (χ3n) is 2.54. The molecule has 0 aliphatic heterocycles. The number of ether oxygens (including phenoxy) is 2. The molecule has 0 heterocycles. The van der Waals surface area contributed by atoms with E-state index in [2.05, 4.69) is 39.0 Å². The van der Waals surface area contributed by atoms with Crippen molar-refractivity contribution < 1.29 is 9.47 Å². The third-order valence-corrected chi connectivity index (χ3v) is 2.54. The van der Waals surface area contributed by atoms with E-state index in [1.165, 1.54) is 11.1 Å². The van der Waals surface area contributed by atoms with E-state index in [0.717, 1.165) is 25.4 Å². The Balaban J connectivity index is 2.65. The molecule has 2 nitrogen and oxygen atoms in total. The Hall–Kier alpha value is -1.02. The summed E-state index contributed by atoms with van der Waals surface area (Å²) >= 11 is 0. The first-order chi connectivity index (χ1) is 7.65. The summed E-state index contributed by atoms with van der Waals surface area (Å²) in [6, 6.07) is 6.41. The first kappa shape index (κ1) is 13.0. The fourth-order valence-corrected chi connectivity index (χ4v) is 1.63. The highest BCUT2D eigenvalue weighted by molar-refractivity contribution is 5.39. The zero-order valence-electron chi connectivity index (χ0n) is 10.7. The minimum Gasteiger partial charge on any atom is -0.493 e. The molecule has 90 valence electrons. The molecule has 16 heavy (non-hydrogen) atoms. The average molecular weight is 222 g/mol. The lowest BCUT2D eigenvalue weighted by atomic mass is 10.0. The van der Waals surface area contributed by atoms with E-state index in [1.54, 1.807) is 7.11 Å². The molecular formula is C14H22O2. The topological polar surface area (TPSA) is 18.5 Å². The molecule has 0 radical (unpaired) electrons. The minimum absolute atomic E-state index is 0.498. The van der Waals surface area contributed by atoms with Crippen LogP contribution in [0.5, 0.6) is 5.75 Å². The summed E-state index contributed by atoms with van der Waals surface area (Å²) in [6.45, 7) is 7.94. The highest BCUT2D eigenvalue weighted by atomic mass is 16.5. The van der Waals surface area contributed by atoms with Crippen molar-refractivity contribution >= 4 is 0 Å². The van der Waals surface area contributed by atoms with E-state index in [4.69, 9.17) is 9.47 Å². The van der Waals surface area contributed by atoms with Crippen molar-refractivity contribution in [3.8, 4) is 5.75 Å². The highest BCUT2D eigenvalue weighted by Crippen LogP contribution is 2.27. The van der Waals surface area contributed by atoms with Crippen molar-refractivity contribution in [2.24, 2.45) is 0 Å². The fraction of sp³-hybridized carbons (Fsp3) is 0.571. The smallest absolute Gasteiger partial charge is 0.123 e. The van der Waals surface area contributed by atoms with Crippen molar-refractivity contribution in [3.05, 3.63) is 29.3 Å². The Morgan fingerprint density at radius 3 is 2.56 bits per heavy atom. The lowest BCUT2D eigenvalue weighted by Crippen LogP contribution is -2.04. The molecule has 0 bridgehead atoms. The van der Waals surface area contributed by atoms with E-state index in [1.807, 2.05) is 0 Å². The van der Waals surface area contributed by atoms with E-state index in [-0.39, 0.29) is 0 Å². The second-order valence-corrected chi connectivity index (χ2v) is 4.39. The Morgan fingerprint density at radius 2 is 1.94 bits per heavy atom. The number of benzene rings is 1. The van der Waals surface area contributed by atoms with Crippen LogP contribution in [-0.2, 0) is 4.74 Å². The summed E-state index contributed by atoms with van der Waals surface area (Å²) in [7, 11) is 1.71. The van der Waals surface area contributed by atoms with Gasteiger partial charge in [0.05, 0.1) is 6.61 Å². The van der Waals surface area contributed by atoms with Gasteiger partial charge < -0.3 is 9.47 Å². The van der Waals surface area contributed by atoms with Crippen LogP contribution < -0.4 is 4.74 Å². The first-order valence-corrected chi connectivity index (χ1v) is 5.87. The van der Waals surface area contributed by atoms with E-state index < -0.39 is 0 Å². The molecule has 1 aromatic rings. The molecular weight excluding hydrogens is 200 g/mol. The van der Waals surface area contributed by atoms with Crippen LogP contribution >= 0.6 is 0 Å². The molecule has 2 heteroatoms. The number of hydrogen-bond donors (Lipinski definition) is 0. The van der Waals surface area contributed by atoms with Gasteiger partial charge in [-0.3, -0.25) is 0 Å². The van der Waals surface area contributed by atoms with Gasteiger partial charge in [-0.25, -0.2) is 0 Å². The van der Waals surface area contributed by atoms with Crippen LogP contribution in [-0.4, -0.2) is 20.3 Å². The van der Waals surface area contributed by atoms with Crippen molar-refractivity contribution in [2.45, 2.75) is 33.1 Å². The van der Waals surface area contributed by atoms with Crippen LogP contribution in [0, 0.1) is 6.92 Å². The van der Waals surface area contributed by atoms with Crippen molar-refractivity contribution in [1.29, 1.82) is 0 Å². The van der Waals surface area contributed by atoms with E-state index >= 15 is 0 Å². The third kappa shape index (κ3) is 3.86. The molecule has 0 atom stereocenters. The SMILES string of the molecule is COCCCOc1cc(C)ccc1C(C)C. The first-order valence-electron chi connectivity index (χ1n) is 5.87. The molecule has 1 aromatic carbocycles. The molecule has 0 spiro atoms. The van der Waals surface area contributed by atoms with Gasteiger partial charge in [0.25, 0.3) is 0 Å². The maximum absolute atomic E-state index is 5.80. The molecule has 0 amide bonds. The monoisotopic (exact) mass is 222 g/mol. The maximum atomic E-state index is 5.80. The standard InChI is InChI=1S/C14H22O2/c1-11(2)13-7-6-12(3)10-14(13)16-9-5-8-15-4/h6-7,10-11H,5,8-9H2,1-4H3. The van der Waals surface area contributed by atoms with Crippen LogP contribution in [0.15, 0.2) is 18.2 Å². The molecule has 0 unspecified atom stereocenters. The molecule has 0 saturated carbocycles. The molecule has 0 aromatic heterocycles. The number of aryl methyl sites for hydroxylation is 1. The lowest BCUT2D eigenvalue weighted by molar-refractivity contribution is 0.171. The number of methoxy groups -OCH3 is 1. The van der Waals surface area contributed by atoms with Crippen molar-refractivity contribution in [2.75, 3.05) is 20.3 Å². The van der Waals surface area contributed by atoms with Gasteiger partial charge >= 0.3 is 0 Å². The van der Waals surface area contributed by atoms with Gasteiger partial charge in [0, 0.05) is 20.1 Å². The summed E-state index contributed by atoms with van der Waals surface area (Å²) in [4.78, 5) is 0. The summed E-state index contributed by atoms with van der Waals surface area (Å²) in [5.41, 5.74) is 2.52. The van der Waals surface area contributed by atoms with Crippen LogP contribution in [0.25, 0.3) is 0 Å². The summed E-state index contributed by atoms with van der Waals surface area (Å²) in [5.74, 6) is 1.52. The Morgan fingerprint density at radius 1 is 1.19 bits per heavy atom. The van der Waals surface area contributed by atoms with E-state index in [0.29, 0.717) is 5.92 Å². The predicted molar refractivity (Wildman–Crippen MR) is 67.3 cm³/mol. The zero-order valence-corrected chi connectivity index (χ0v) is 10.7. The maximum Gasteiger partial charge on any atom is 0.123 e. The predicted octanol–water partition coefficient (Wildman–Crippen LogP) is 3.53. The largest absolute Gasteiger partial charge is 0.493 e. The molecule has 0 fully saturated rings. The molecule has 0 aliphatic carbocycles. The Labute approximate surface area is 98.6 Å². The van der Waals surface area contributed by atoms with Gasteiger partial charge in [0.1, 0.15) is 5.75 Å². The highest BCUT2D eigenvalue weighted by Gasteiger charge is 2.07.